The van der Waals surface area contributed by atoms with Crippen LogP contribution >= 0.6 is 11.3 Å². The number of nitrogens with one attached hydrogen (secondary N) is 1. The molecule has 1 aliphatic rings. The number of carbonyl (C=O) groups is 1. The normalized spacial score (nSPS) is 15.0. The summed E-state index contributed by atoms with van der Waals surface area (Å²) in [6.45, 7) is 5.68. The zero-order chi connectivity index (χ0) is 23.8. The fraction of sp³-hybridized carbons (Fsp3) is 0.333. The highest BCUT2D eigenvalue weighted by Gasteiger charge is 2.24. The average Bonchev–Trinajstić information content (AvgIpc) is 3.25. The maximum absolute atomic E-state index is 13.0. The highest BCUT2D eigenvalue weighted by molar-refractivity contribution is 7.92. The third-order valence-electron chi connectivity index (χ3n) is 5.72. The van der Waals surface area contributed by atoms with E-state index in [1.54, 1.807) is 6.20 Å². The summed E-state index contributed by atoms with van der Waals surface area (Å²) in [6, 6.07) is 9.53. The fourth-order valence-corrected chi connectivity index (χ4v) is 6.00. The summed E-state index contributed by atoms with van der Waals surface area (Å²) in [6.07, 6.45) is 6.35. The second kappa shape index (κ2) is 9.24. The van der Waals surface area contributed by atoms with Gasteiger partial charge in [-0.05, 0) is 44.4 Å². The van der Waals surface area contributed by atoms with E-state index in [0.717, 1.165) is 71.5 Å². The average molecular weight is 485 g/mol. The summed E-state index contributed by atoms with van der Waals surface area (Å²) in [5.41, 5.74) is 11.9. The predicted octanol–water partition coefficient (Wildman–Crippen LogP) is 4.01. The van der Waals surface area contributed by atoms with Gasteiger partial charge in [0.05, 0.1) is 22.4 Å². The van der Waals surface area contributed by atoms with Gasteiger partial charge in [0.25, 0.3) is 5.91 Å². The van der Waals surface area contributed by atoms with Gasteiger partial charge >= 0.3 is 0 Å². The molecule has 0 aliphatic carbocycles. The predicted molar refractivity (Wildman–Crippen MR) is 134 cm³/mol. The van der Waals surface area contributed by atoms with Crippen LogP contribution in [0.25, 0.3) is 11.1 Å². The summed E-state index contributed by atoms with van der Waals surface area (Å²) in [4.78, 5) is 20.0. The molecule has 1 aromatic carbocycles. The van der Waals surface area contributed by atoms with Crippen LogP contribution in [-0.4, -0.2) is 44.7 Å². The largest absolute Gasteiger partial charge is 0.369 e. The molecule has 33 heavy (non-hydrogen) atoms. The van der Waals surface area contributed by atoms with Crippen molar-refractivity contribution in [2.45, 2.75) is 36.9 Å². The van der Waals surface area contributed by atoms with Gasteiger partial charge < -0.3 is 16.0 Å². The van der Waals surface area contributed by atoms with E-state index < -0.39 is 9.84 Å². The number of nitrogens with two attached hydrogens (primary N) is 1. The van der Waals surface area contributed by atoms with Gasteiger partial charge in [-0.15, -0.1) is 11.3 Å². The molecule has 1 aliphatic heterocycles. The van der Waals surface area contributed by atoms with Crippen molar-refractivity contribution in [2.24, 2.45) is 5.73 Å². The lowest BCUT2D eigenvalue weighted by molar-refractivity contribution is 0.103. The SMILES string of the molecule is Cc1cc(C)cc(-c2cncc(NC(=O)c3ccc(S(C)(=O)=O)s3)c2N2CCC(N)CC2)c1. The van der Waals surface area contributed by atoms with Crippen molar-refractivity contribution < 1.29 is 13.2 Å². The number of benzene rings is 1. The molecular weight excluding hydrogens is 456 g/mol. The quantitative estimate of drug-likeness (QED) is 0.567. The number of hydrogen-bond donors (Lipinski definition) is 2. The van der Waals surface area contributed by atoms with Crippen LogP contribution in [-0.2, 0) is 9.84 Å². The highest BCUT2D eigenvalue weighted by atomic mass is 32.2. The molecule has 2 aromatic heterocycles. The molecule has 0 radical (unpaired) electrons. The minimum atomic E-state index is -3.36. The first kappa shape index (κ1) is 23.4. The van der Waals surface area contributed by atoms with E-state index >= 15 is 0 Å². The molecule has 174 valence electrons. The van der Waals surface area contributed by atoms with Gasteiger partial charge in [0.15, 0.2) is 9.84 Å². The van der Waals surface area contributed by atoms with E-state index in [9.17, 15) is 13.2 Å². The van der Waals surface area contributed by atoms with Crippen LogP contribution in [0.1, 0.15) is 33.6 Å². The molecule has 1 fully saturated rings. The molecule has 1 amide bonds. The second-order valence-electron chi connectivity index (χ2n) is 8.63. The zero-order valence-corrected chi connectivity index (χ0v) is 20.6. The summed E-state index contributed by atoms with van der Waals surface area (Å²) in [5, 5.41) is 2.98. The van der Waals surface area contributed by atoms with Gasteiger partial charge in [-0.2, -0.15) is 0 Å². The minimum absolute atomic E-state index is 0.167. The molecule has 3 aromatic rings. The number of rotatable bonds is 5. The van der Waals surface area contributed by atoms with E-state index in [1.165, 1.54) is 12.1 Å². The number of nitrogens with zero attached hydrogens (tertiary/aromatic N) is 2. The van der Waals surface area contributed by atoms with Gasteiger partial charge in [0, 0.05) is 37.1 Å². The topological polar surface area (TPSA) is 105 Å². The molecule has 9 heteroatoms. The van der Waals surface area contributed by atoms with Gasteiger partial charge in [-0.25, -0.2) is 8.42 Å². The smallest absolute Gasteiger partial charge is 0.265 e. The Bertz CT molecular complexity index is 1270. The van der Waals surface area contributed by atoms with Crippen LogP contribution in [0, 0.1) is 13.8 Å². The number of hydrogen-bond acceptors (Lipinski definition) is 7. The van der Waals surface area contributed by atoms with Crippen LogP contribution in [0.4, 0.5) is 11.4 Å². The Morgan fingerprint density at radius 3 is 2.39 bits per heavy atom. The Hall–Kier alpha value is -2.75. The zero-order valence-electron chi connectivity index (χ0n) is 19.0. The molecule has 0 bridgehead atoms. The molecular formula is C24H28N4O3S2. The van der Waals surface area contributed by atoms with Crippen molar-refractivity contribution in [3.63, 3.8) is 0 Å². The lowest BCUT2D eigenvalue weighted by Crippen LogP contribution is -2.40. The lowest BCUT2D eigenvalue weighted by Gasteiger charge is -2.34. The third kappa shape index (κ3) is 5.26. The Morgan fingerprint density at radius 1 is 1.12 bits per heavy atom. The monoisotopic (exact) mass is 484 g/mol. The van der Waals surface area contributed by atoms with Crippen LogP contribution in [0.15, 0.2) is 46.9 Å². The molecule has 7 nitrogen and oxygen atoms in total. The second-order valence-corrected chi connectivity index (χ2v) is 12.0. The van der Waals surface area contributed by atoms with Gasteiger partial charge in [0.2, 0.25) is 0 Å². The van der Waals surface area contributed by atoms with E-state index in [4.69, 9.17) is 5.73 Å². The Labute approximate surface area is 198 Å². The number of carbonyl (C=O) groups excluding carboxylic acids is 1. The van der Waals surface area contributed by atoms with Crippen molar-refractivity contribution in [2.75, 3.05) is 29.6 Å². The number of thiophene rings is 1. The van der Waals surface area contributed by atoms with Crippen LogP contribution < -0.4 is 16.0 Å². The Morgan fingerprint density at radius 2 is 1.79 bits per heavy atom. The van der Waals surface area contributed by atoms with Crippen LogP contribution in [0.3, 0.4) is 0 Å². The van der Waals surface area contributed by atoms with Crippen molar-refractivity contribution >= 4 is 38.5 Å². The summed E-state index contributed by atoms with van der Waals surface area (Å²) < 4.78 is 23.8. The maximum atomic E-state index is 13.0. The fourth-order valence-electron chi connectivity index (χ4n) is 4.18. The molecule has 0 unspecified atom stereocenters. The number of piperidine rings is 1. The molecule has 0 saturated carbocycles. The van der Waals surface area contributed by atoms with E-state index in [0.29, 0.717) is 10.6 Å². The number of anilines is 2. The van der Waals surface area contributed by atoms with E-state index in [-0.39, 0.29) is 16.2 Å². The molecule has 4 rings (SSSR count). The molecule has 0 spiro atoms. The number of pyridine rings is 1. The molecule has 3 N–H and O–H groups in total. The first-order chi connectivity index (χ1) is 15.6. The number of sulfone groups is 1. The standard InChI is InChI=1S/C24H28N4O3S2/c1-15-10-16(2)12-17(11-15)19-13-26-14-20(23(19)28-8-6-18(25)7-9-28)27-24(29)21-4-5-22(32-21)33(3,30)31/h4-5,10-14,18H,6-9,25H2,1-3H3,(H,27,29). The minimum Gasteiger partial charge on any atom is -0.369 e. The molecule has 1 saturated heterocycles. The summed E-state index contributed by atoms with van der Waals surface area (Å²) in [5.74, 6) is -0.357. The lowest BCUT2D eigenvalue weighted by atomic mass is 9.98. The Balaban J connectivity index is 1.76. The van der Waals surface area contributed by atoms with E-state index in [2.05, 4.69) is 47.2 Å². The van der Waals surface area contributed by atoms with Gasteiger partial charge in [0.1, 0.15) is 4.21 Å². The summed E-state index contributed by atoms with van der Waals surface area (Å²) >= 11 is 0.963. The molecule has 0 atom stereocenters. The number of amides is 1. The Kier molecular flexibility index (Phi) is 6.56. The van der Waals surface area contributed by atoms with Crippen molar-refractivity contribution in [3.05, 3.63) is 58.7 Å². The van der Waals surface area contributed by atoms with Crippen LogP contribution in [0.2, 0.25) is 0 Å². The molecule has 3 heterocycles. The van der Waals surface area contributed by atoms with Gasteiger partial charge in [-0.3, -0.25) is 9.78 Å². The first-order valence-electron chi connectivity index (χ1n) is 10.8. The number of aryl methyl sites for hydroxylation is 2. The highest BCUT2D eigenvalue weighted by Crippen LogP contribution is 2.39. The number of aromatic nitrogens is 1. The van der Waals surface area contributed by atoms with Crippen molar-refractivity contribution in [3.8, 4) is 11.1 Å². The first-order valence-corrected chi connectivity index (χ1v) is 13.5. The van der Waals surface area contributed by atoms with Gasteiger partial charge in [-0.1, -0.05) is 29.3 Å². The maximum Gasteiger partial charge on any atom is 0.265 e. The third-order valence-corrected chi connectivity index (χ3v) is 8.63. The summed E-state index contributed by atoms with van der Waals surface area (Å²) in [7, 11) is -3.36. The van der Waals surface area contributed by atoms with Crippen molar-refractivity contribution in [1.82, 2.24) is 4.98 Å². The van der Waals surface area contributed by atoms with E-state index in [1.807, 2.05) is 6.20 Å². The van der Waals surface area contributed by atoms with Crippen molar-refractivity contribution in [1.29, 1.82) is 0 Å². The van der Waals surface area contributed by atoms with Crippen LogP contribution in [0.5, 0.6) is 0 Å².